The highest BCUT2D eigenvalue weighted by atomic mass is 16.3. The average Bonchev–Trinajstić information content (AvgIpc) is 3.33. The molecule has 5 heteroatoms. The van der Waals surface area contributed by atoms with Gasteiger partial charge in [-0.3, -0.25) is 9.59 Å². The Labute approximate surface area is 147 Å². The predicted molar refractivity (Wildman–Crippen MR) is 92.9 cm³/mol. The van der Waals surface area contributed by atoms with Crippen molar-refractivity contribution in [3.8, 4) is 0 Å². The number of rotatable bonds is 3. The number of furan rings is 1. The van der Waals surface area contributed by atoms with Gasteiger partial charge >= 0.3 is 0 Å². The van der Waals surface area contributed by atoms with Gasteiger partial charge in [-0.05, 0) is 31.4 Å². The van der Waals surface area contributed by atoms with Gasteiger partial charge in [-0.2, -0.15) is 0 Å². The van der Waals surface area contributed by atoms with Gasteiger partial charge in [-0.15, -0.1) is 0 Å². The topological polar surface area (TPSA) is 53.8 Å². The number of nitrogens with zero attached hydrogens (tertiary/aromatic N) is 2. The molecule has 5 nitrogen and oxygen atoms in total. The van der Waals surface area contributed by atoms with E-state index >= 15 is 0 Å². The van der Waals surface area contributed by atoms with Crippen molar-refractivity contribution in [1.82, 2.24) is 9.80 Å². The summed E-state index contributed by atoms with van der Waals surface area (Å²) in [5.41, 5.74) is 2.52. The third kappa shape index (κ3) is 2.84. The smallest absolute Gasteiger partial charge is 0.257 e. The van der Waals surface area contributed by atoms with Crippen LogP contribution >= 0.6 is 0 Å². The van der Waals surface area contributed by atoms with Crippen molar-refractivity contribution in [3.63, 3.8) is 0 Å². The molecule has 2 aliphatic heterocycles. The Morgan fingerprint density at radius 3 is 2.84 bits per heavy atom. The maximum atomic E-state index is 13.0. The van der Waals surface area contributed by atoms with Crippen molar-refractivity contribution in [3.05, 3.63) is 59.5 Å². The van der Waals surface area contributed by atoms with Crippen molar-refractivity contribution in [2.75, 3.05) is 19.6 Å². The van der Waals surface area contributed by atoms with Crippen LogP contribution in [-0.4, -0.2) is 41.2 Å². The van der Waals surface area contributed by atoms with Gasteiger partial charge in [0, 0.05) is 26.2 Å². The fraction of sp³-hybridized carbons (Fsp3) is 0.400. The summed E-state index contributed by atoms with van der Waals surface area (Å²) >= 11 is 0. The van der Waals surface area contributed by atoms with E-state index < -0.39 is 5.41 Å². The summed E-state index contributed by atoms with van der Waals surface area (Å²) in [6.07, 6.45) is 4.55. The molecule has 2 saturated heterocycles. The highest BCUT2D eigenvalue weighted by Gasteiger charge is 2.51. The molecule has 2 amide bonds. The Hall–Kier alpha value is -2.56. The lowest BCUT2D eigenvalue weighted by Gasteiger charge is -2.23. The van der Waals surface area contributed by atoms with Crippen LogP contribution in [0.3, 0.4) is 0 Å². The molecule has 2 fully saturated rings. The molecule has 1 aromatic heterocycles. The number of aryl methyl sites for hydroxylation is 1. The lowest BCUT2D eigenvalue weighted by atomic mass is 9.85. The first-order valence-electron chi connectivity index (χ1n) is 8.74. The number of hydrogen-bond acceptors (Lipinski definition) is 3. The summed E-state index contributed by atoms with van der Waals surface area (Å²) < 4.78 is 5.00. The van der Waals surface area contributed by atoms with Crippen LogP contribution in [0.15, 0.2) is 47.3 Å². The molecule has 4 rings (SSSR count). The van der Waals surface area contributed by atoms with E-state index in [1.807, 2.05) is 11.0 Å². The third-order valence-corrected chi connectivity index (χ3v) is 5.47. The van der Waals surface area contributed by atoms with Gasteiger partial charge in [0.15, 0.2) is 0 Å². The van der Waals surface area contributed by atoms with Gasteiger partial charge in [-0.25, -0.2) is 0 Å². The van der Waals surface area contributed by atoms with Crippen molar-refractivity contribution in [2.24, 2.45) is 5.41 Å². The van der Waals surface area contributed by atoms with Gasteiger partial charge in [0.05, 0.1) is 17.2 Å². The van der Waals surface area contributed by atoms with Gasteiger partial charge in [-0.1, -0.05) is 29.8 Å². The van der Waals surface area contributed by atoms with Crippen LogP contribution in [0.1, 0.15) is 34.3 Å². The molecule has 0 aliphatic carbocycles. The second kappa shape index (κ2) is 6.06. The average molecular weight is 338 g/mol. The van der Waals surface area contributed by atoms with E-state index in [1.54, 1.807) is 11.0 Å². The molecule has 130 valence electrons. The van der Waals surface area contributed by atoms with E-state index in [1.165, 1.54) is 18.1 Å². The summed E-state index contributed by atoms with van der Waals surface area (Å²) in [6, 6.07) is 9.96. The quantitative estimate of drug-likeness (QED) is 0.865. The number of carbonyl (C=O) groups is 2. The molecule has 0 bridgehead atoms. The Morgan fingerprint density at radius 2 is 2.08 bits per heavy atom. The number of benzene rings is 1. The monoisotopic (exact) mass is 338 g/mol. The second-order valence-electron chi connectivity index (χ2n) is 7.23. The minimum atomic E-state index is -0.400. The first-order chi connectivity index (χ1) is 12.1. The number of hydrogen-bond donors (Lipinski definition) is 0. The molecule has 25 heavy (non-hydrogen) atoms. The molecule has 1 spiro atoms. The Balaban J connectivity index is 1.45. The zero-order chi connectivity index (χ0) is 17.4. The molecule has 0 unspecified atom stereocenters. The van der Waals surface area contributed by atoms with E-state index in [9.17, 15) is 9.59 Å². The van der Waals surface area contributed by atoms with Gasteiger partial charge in [0.2, 0.25) is 5.91 Å². The van der Waals surface area contributed by atoms with Gasteiger partial charge < -0.3 is 14.2 Å². The second-order valence-corrected chi connectivity index (χ2v) is 7.23. The zero-order valence-corrected chi connectivity index (χ0v) is 14.4. The maximum absolute atomic E-state index is 13.0. The fourth-order valence-electron chi connectivity index (χ4n) is 4.07. The lowest BCUT2D eigenvalue weighted by Crippen LogP contribution is -2.38. The summed E-state index contributed by atoms with van der Waals surface area (Å²) in [5, 5.41) is 0. The van der Waals surface area contributed by atoms with Crippen LogP contribution in [0.2, 0.25) is 0 Å². The zero-order valence-electron chi connectivity index (χ0n) is 14.4. The van der Waals surface area contributed by atoms with Gasteiger partial charge in [0.1, 0.15) is 6.26 Å². The Bertz CT molecular complexity index is 799. The standard InChI is InChI=1S/C20H22N2O3/c1-15-3-2-4-16(11-15)12-21-8-6-20(19(21)24)7-9-22(14-20)18(23)17-5-10-25-13-17/h2-5,10-11,13H,6-9,12,14H2,1H3/t20-/m0/s1. The molecular formula is C20H22N2O3. The fourth-order valence-corrected chi connectivity index (χ4v) is 4.07. The highest BCUT2D eigenvalue weighted by molar-refractivity contribution is 5.95. The van der Waals surface area contributed by atoms with E-state index in [4.69, 9.17) is 4.42 Å². The van der Waals surface area contributed by atoms with Crippen LogP contribution < -0.4 is 0 Å². The van der Waals surface area contributed by atoms with Crippen LogP contribution in [0.4, 0.5) is 0 Å². The Morgan fingerprint density at radius 1 is 1.24 bits per heavy atom. The van der Waals surface area contributed by atoms with Crippen molar-refractivity contribution < 1.29 is 14.0 Å². The molecule has 0 saturated carbocycles. The molecule has 0 N–H and O–H groups in total. The SMILES string of the molecule is Cc1cccc(CN2CC[C@@]3(CCN(C(=O)c4ccoc4)C3)C2=O)c1. The molecule has 2 aliphatic rings. The molecular weight excluding hydrogens is 316 g/mol. The van der Waals surface area contributed by atoms with Crippen LogP contribution in [0, 0.1) is 12.3 Å². The lowest BCUT2D eigenvalue weighted by molar-refractivity contribution is -0.135. The van der Waals surface area contributed by atoms with Crippen LogP contribution in [0.5, 0.6) is 0 Å². The van der Waals surface area contributed by atoms with E-state index in [0.717, 1.165) is 24.9 Å². The van der Waals surface area contributed by atoms with Crippen molar-refractivity contribution in [1.29, 1.82) is 0 Å². The normalized spacial score (nSPS) is 23.0. The Kier molecular flexibility index (Phi) is 3.86. The molecule has 1 aromatic carbocycles. The number of likely N-dealkylation sites (tertiary alicyclic amines) is 2. The number of amides is 2. The van der Waals surface area contributed by atoms with Crippen molar-refractivity contribution >= 4 is 11.8 Å². The maximum Gasteiger partial charge on any atom is 0.257 e. The summed E-state index contributed by atoms with van der Waals surface area (Å²) in [5.74, 6) is 0.145. The van der Waals surface area contributed by atoms with E-state index in [-0.39, 0.29) is 11.8 Å². The van der Waals surface area contributed by atoms with Crippen molar-refractivity contribution in [2.45, 2.75) is 26.3 Å². The van der Waals surface area contributed by atoms with Gasteiger partial charge in [0.25, 0.3) is 5.91 Å². The molecule has 0 radical (unpaired) electrons. The predicted octanol–water partition coefficient (Wildman–Crippen LogP) is 2.85. The third-order valence-electron chi connectivity index (χ3n) is 5.47. The molecule has 3 heterocycles. The highest BCUT2D eigenvalue weighted by Crippen LogP contribution is 2.41. The first-order valence-corrected chi connectivity index (χ1v) is 8.74. The molecule has 2 aromatic rings. The minimum Gasteiger partial charge on any atom is -0.472 e. The summed E-state index contributed by atoms with van der Waals surface area (Å²) in [7, 11) is 0. The van der Waals surface area contributed by atoms with E-state index in [2.05, 4.69) is 25.1 Å². The summed E-state index contributed by atoms with van der Waals surface area (Å²) in [4.78, 5) is 29.3. The largest absolute Gasteiger partial charge is 0.472 e. The minimum absolute atomic E-state index is 0.0458. The van der Waals surface area contributed by atoms with Crippen LogP contribution in [0.25, 0.3) is 0 Å². The first kappa shape index (κ1) is 15.9. The van der Waals surface area contributed by atoms with Crippen LogP contribution in [-0.2, 0) is 11.3 Å². The number of carbonyl (C=O) groups excluding carboxylic acids is 2. The summed E-state index contributed by atoms with van der Waals surface area (Å²) in [6.45, 7) is 4.62. The van der Waals surface area contributed by atoms with E-state index in [0.29, 0.717) is 25.2 Å². The molecule has 1 atom stereocenters.